The number of carbonyl (C=O) groups is 2. The van der Waals surface area contributed by atoms with Crippen LogP contribution in [0, 0.1) is 25.1 Å². The Balaban J connectivity index is 0.00000361. The molecule has 0 spiro atoms. The quantitative estimate of drug-likeness (QED) is 0.227. The van der Waals surface area contributed by atoms with Gasteiger partial charge in [0, 0.05) is 22.3 Å². The summed E-state index contributed by atoms with van der Waals surface area (Å²) < 4.78 is 8.43. The monoisotopic (exact) mass is 315 g/mol. The standard InChI is InChI=1S/C14H8O5.Co/c1-3-18-13(16)11(14(17)19-4-2)12(15)10-8-6-5-7-9-10;/h1-2,5-9,15H;. The van der Waals surface area contributed by atoms with Crippen LogP contribution in [0.5, 0.6) is 0 Å². The number of aliphatic hydroxyl groups is 1. The summed E-state index contributed by atoms with van der Waals surface area (Å²) >= 11 is 0. The number of aliphatic hydroxyl groups excluding tert-OH is 1. The molecule has 0 saturated heterocycles. The molecule has 0 amide bonds. The van der Waals surface area contributed by atoms with Crippen molar-refractivity contribution in [3.63, 3.8) is 0 Å². The van der Waals surface area contributed by atoms with Crippen LogP contribution in [0.25, 0.3) is 5.76 Å². The maximum atomic E-state index is 11.5. The van der Waals surface area contributed by atoms with Crippen molar-refractivity contribution in [1.29, 1.82) is 0 Å². The minimum absolute atomic E-state index is 0. The van der Waals surface area contributed by atoms with E-state index >= 15 is 0 Å². The largest absolute Gasteiger partial charge is 0.506 e. The summed E-state index contributed by atoms with van der Waals surface area (Å²) in [6, 6.07) is 7.84. The van der Waals surface area contributed by atoms with E-state index in [9.17, 15) is 14.7 Å². The van der Waals surface area contributed by atoms with Crippen LogP contribution in [-0.2, 0) is 35.8 Å². The van der Waals surface area contributed by atoms with E-state index in [0.29, 0.717) is 0 Å². The normalized spacial score (nSPS) is 8.10. The summed E-state index contributed by atoms with van der Waals surface area (Å²) in [4.78, 5) is 23.0. The molecule has 103 valence electrons. The van der Waals surface area contributed by atoms with Gasteiger partial charge < -0.3 is 14.6 Å². The van der Waals surface area contributed by atoms with Crippen LogP contribution >= 0.6 is 0 Å². The molecule has 0 atom stereocenters. The smallest absolute Gasteiger partial charge is 0.363 e. The van der Waals surface area contributed by atoms with E-state index in [1.807, 2.05) is 0 Å². The second-order valence-corrected chi connectivity index (χ2v) is 3.10. The van der Waals surface area contributed by atoms with Crippen molar-refractivity contribution in [2.75, 3.05) is 0 Å². The molecular formula is C14H8CoO5. The van der Waals surface area contributed by atoms with E-state index in [0.717, 1.165) is 0 Å². The molecule has 1 N–H and O–H groups in total. The molecule has 1 aromatic rings. The van der Waals surface area contributed by atoms with Crippen LogP contribution in [0.15, 0.2) is 35.9 Å². The zero-order valence-corrected chi connectivity index (χ0v) is 11.0. The molecule has 0 bridgehead atoms. The molecule has 0 aromatic heterocycles. The van der Waals surface area contributed by atoms with Gasteiger partial charge >= 0.3 is 11.9 Å². The third-order valence-electron chi connectivity index (χ3n) is 2.00. The van der Waals surface area contributed by atoms with Gasteiger partial charge in [-0.2, -0.15) is 0 Å². The number of hydrogen-bond donors (Lipinski definition) is 1. The molecule has 6 heteroatoms. The first-order valence-electron chi connectivity index (χ1n) is 4.94. The molecule has 1 radical (unpaired) electrons. The third-order valence-corrected chi connectivity index (χ3v) is 2.00. The number of hydrogen-bond acceptors (Lipinski definition) is 5. The number of terminal acetylenes is 2. The van der Waals surface area contributed by atoms with Crippen LogP contribution in [0.1, 0.15) is 5.56 Å². The van der Waals surface area contributed by atoms with Crippen molar-refractivity contribution in [3.05, 3.63) is 41.5 Å². The first kappa shape index (κ1) is 17.3. The average Bonchev–Trinajstić information content (AvgIpc) is 2.40. The van der Waals surface area contributed by atoms with Gasteiger partial charge in [0.2, 0.25) is 0 Å². The van der Waals surface area contributed by atoms with E-state index in [2.05, 4.69) is 9.47 Å². The fraction of sp³-hybridized carbons (Fsp3) is 0. The van der Waals surface area contributed by atoms with Crippen molar-refractivity contribution >= 4 is 17.7 Å². The van der Waals surface area contributed by atoms with Gasteiger partial charge in [0.25, 0.3) is 0 Å². The topological polar surface area (TPSA) is 72.8 Å². The number of esters is 2. The van der Waals surface area contributed by atoms with E-state index in [1.165, 1.54) is 12.1 Å². The number of ether oxygens (including phenoxy) is 2. The Morgan fingerprint density at radius 1 is 1.00 bits per heavy atom. The van der Waals surface area contributed by atoms with Gasteiger partial charge in [-0.25, -0.2) is 9.59 Å². The fourth-order valence-electron chi connectivity index (χ4n) is 1.23. The van der Waals surface area contributed by atoms with Crippen LogP contribution in [-0.4, -0.2) is 17.0 Å². The zero-order chi connectivity index (χ0) is 14.3. The van der Waals surface area contributed by atoms with E-state index in [4.69, 9.17) is 12.8 Å². The van der Waals surface area contributed by atoms with E-state index in [-0.39, 0.29) is 22.3 Å². The second kappa shape index (κ2) is 8.43. The van der Waals surface area contributed by atoms with Gasteiger partial charge in [0.1, 0.15) is 18.0 Å². The molecule has 0 aliphatic rings. The van der Waals surface area contributed by atoms with Gasteiger partial charge in [-0.1, -0.05) is 43.2 Å². The second-order valence-electron chi connectivity index (χ2n) is 3.10. The molecule has 0 aliphatic heterocycles. The van der Waals surface area contributed by atoms with Crippen LogP contribution in [0.2, 0.25) is 0 Å². The Kier molecular flexibility index (Phi) is 7.31. The Hall–Kier alpha value is -2.67. The molecular weight excluding hydrogens is 307 g/mol. The van der Waals surface area contributed by atoms with Crippen LogP contribution in [0.4, 0.5) is 0 Å². The van der Waals surface area contributed by atoms with Crippen molar-refractivity contribution in [2.45, 2.75) is 0 Å². The Labute approximate surface area is 125 Å². The zero-order valence-electron chi connectivity index (χ0n) is 9.95. The summed E-state index contributed by atoms with van der Waals surface area (Å²) in [6.45, 7) is 0. The summed E-state index contributed by atoms with van der Waals surface area (Å²) in [7, 11) is 0. The maximum absolute atomic E-state index is 11.5. The molecule has 0 fully saturated rings. The molecule has 0 unspecified atom stereocenters. The number of carbonyl (C=O) groups excluding carboxylic acids is 2. The summed E-state index contributed by atoms with van der Waals surface area (Å²) in [5.41, 5.74) is -0.567. The summed E-state index contributed by atoms with van der Waals surface area (Å²) in [6.07, 6.45) is 12.8. The van der Waals surface area contributed by atoms with Gasteiger partial charge in [0.05, 0.1) is 0 Å². The minimum atomic E-state index is -1.23. The maximum Gasteiger partial charge on any atom is 0.363 e. The van der Waals surface area contributed by atoms with Crippen molar-refractivity contribution in [3.8, 4) is 25.1 Å². The Morgan fingerprint density at radius 2 is 1.45 bits per heavy atom. The van der Waals surface area contributed by atoms with Crippen LogP contribution < -0.4 is 0 Å². The molecule has 1 aromatic carbocycles. The molecule has 5 nitrogen and oxygen atoms in total. The first-order valence-corrected chi connectivity index (χ1v) is 4.94. The van der Waals surface area contributed by atoms with Crippen molar-refractivity contribution in [2.24, 2.45) is 0 Å². The fourth-order valence-corrected chi connectivity index (χ4v) is 1.23. The molecule has 0 saturated carbocycles. The van der Waals surface area contributed by atoms with Crippen molar-refractivity contribution in [1.82, 2.24) is 0 Å². The number of rotatable bonds is 3. The van der Waals surface area contributed by atoms with Crippen molar-refractivity contribution < 1.29 is 40.9 Å². The van der Waals surface area contributed by atoms with E-state index in [1.54, 1.807) is 30.4 Å². The molecule has 20 heavy (non-hydrogen) atoms. The minimum Gasteiger partial charge on any atom is -0.506 e. The Morgan fingerprint density at radius 3 is 1.85 bits per heavy atom. The molecule has 1 rings (SSSR count). The average molecular weight is 315 g/mol. The van der Waals surface area contributed by atoms with Crippen LogP contribution in [0.3, 0.4) is 0 Å². The molecule has 0 aliphatic carbocycles. The number of benzene rings is 1. The predicted molar refractivity (Wildman–Crippen MR) is 65.8 cm³/mol. The first-order chi connectivity index (χ1) is 9.11. The molecule has 0 heterocycles. The van der Waals surface area contributed by atoms with Gasteiger partial charge in [-0.15, -0.1) is 0 Å². The van der Waals surface area contributed by atoms with Gasteiger partial charge in [-0.05, 0) is 0 Å². The van der Waals surface area contributed by atoms with E-state index < -0.39 is 23.3 Å². The summed E-state index contributed by atoms with van der Waals surface area (Å²) in [5.74, 6) is -3.10. The third kappa shape index (κ3) is 4.21. The SMILES string of the molecule is C#COC(=O)C(C(=O)OC#C)=C(O)c1ccccc1.[Co]. The van der Waals surface area contributed by atoms with Gasteiger partial charge in [-0.3, -0.25) is 0 Å². The predicted octanol–water partition coefficient (Wildman–Crippen LogP) is 1.22. The van der Waals surface area contributed by atoms with Gasteiger partial charge in [0.15, 0.2) is 5.57 Å². The summed E-state index contributed by atoms with van der Waals surface area (Å²) in [5, 5.41) is 9.92. The Bertz CT molecular complexity index is 575.